The molecule has 0 radical (unpaired) electrons. The Balaban J connectivity index is 1.32. The average Bonchev–Trinajstić information content (AvgIpc) is 3.46. The van der Waals surface area contributed by atoms with Gasteiger partial charge < -0.3 is 30.6 Å². The lowest BCUT2D eigenvalue weighted by Crippen LogP contribution is -2.51. The highest BCUT2D eigenvalue weighted by atomic mass is 16.6. The SMILES string of the molecule is CNC1(CNC(=O)c2cc(C3=NOC(C4CCC(NC(=O)C(C)O)CC4)C3)nc(C)n2)C=CC(OCC=O)=CC1. The minimum atomic E-state index is -1.01. The number of rotatable bonds is 11. The molecule has 0 aromatic carbocycles. The van der Waals surface area contributed by atoms with E-state index in [-0.39, 0.29) is 36.3 Å². The molecule has 4 N–H and O–H groups in total. The molecular weight excluding hydrogens is 516 g/mol. The maximum atomic E-state index is 13.1. The third kappa shape index (κ3) is 7.30. The van der Waals surface area contributed by atoms with Gasteiger partial charge in [-0.1, -0.05) is 11.2 Å². The highest BCUT2D eigenvalue weighted by Crippen LogP contribution is 2.33. The van der Waals surface area contributed by atoms with E-state index in [0.29, 0.717) is 54.6 Å². The first kappa shape index (κ1) is 29.3. The Bertz CT molecular complexity index is 1190. The number of allylic oxidation sites excluding steroid dienone is 1. The van der Waals surface area contributed by atoms with Crippen LogP contribution in [0.3, 0.4) is 0 Å². The van der Waals surface area contributed by atoms with Crippen LogP contribution in [0.25, 0.3) is 0 Å². The first-order valence-corrected chi connectivity index (χ1v) is 13.7. The molecule has 3 atom stereocenters. The Kier molecular flexibility index (Phi) is 9.64. The van der Waals surface area contributed by atoms with E-state index in [1.807, 2.05) is 19.2 Å². The van der Waals surface area contributed by atoms with Gasteiger partial charge in [0.05, 0.1) is 11.2 Å². The molecule has 3 aliphatic rings. The quantitative estimate of drug-likeness (QED) is 0.293. The van der Waals surface area contributed by atoms with Crippen molar-refractivity contribution in [3.8, 4) is 0 Å². The number of likely N-dealkylation sites (N-methyl/N-ethyl adjacent to an activating group) is 1. The number of oxime groups is 1. The van der Waals surface area contributed by atoms with E-state index in [9.17, 15) is 19.5 Å². The van der Waals surface area contributed by atoms with E-state index in [1.54, 1.807) is 19.1 Å². The zero-order chi connectivity index (χ0) is 28.7. The lowest BCUT2D eigenvalue weighted by Gasteiger charge is -2.32. The van der Waals surface area contributed by atoms with Gasteiger partial charge in [-0.15, -0.1) is 0 Å². The predicted molar refractivity (Wildman–Crippen MR) is 146 cm³/mol. The van der Waals surface area contributed by atoms with Crippen molar-refractivity contribution in [2.24, 2.45) is 11.1 Å². The number of aromatic nitrogens is 2. The summed E-state index contributed by atoms with van der Waals surface area (Å²) >= 11 is 0. The zero-order valence-corrected chi connectivity index (χ0v) is 23.2. The fourth-order valence-electron chi connectivity index (χ4n) is 5.22. The number of aldehydes is 1. The highest BCUT2D eigenvalue weighted by molar-refractivity contribution is 6.02. The van der Waals surface area contributed by atoms with Gasteiger partial charge in [-0.25, -0.2) is 9.97 Å². The van der Waals surface area contributed by atoms with E-state index in [2.05, 4.69) is 31.1 Å². The second-order valence-electron chi connectivity index (χ2n) is 10.6. The monoisotopic (exact) mass is 554 g/mol. The summed E-state index contributed by atoms with van der Waals surface area (Å²) in [4.78, 5) is 50.0. The summed E-state index contributed by atoms with van der Waals surface area (Å²) in [7, 11) is 1.82. The smallest absolute Gasteiger partial charge is 0.270 e. The van der Waals surface area contributed by atoms with Crippen molar-refractivity contribution in [1.82, 2.24) is 25.9 Å². The van der Waals surface area contributed by atoms with Crippen molar-refractivity contribution >= 4 is 23.8 Å². The van der Waals surface area contributed by atoms with Crippen LogP contribution < -0.4 is 16.0 Å². The number of carbonyl (C=O) groups is 3. The molecule has 1 aromatic rings. The third-order valence-electron chi connectivity index (χ3n) is 7.70. The molecule has 216 valence electrons. The van der Waals surface area contributed by atoms with E-state index in [1.165, 1.54) is 6.92 Å². The Morgan fingerprint density at radius 2 is 2.05 bits per heavy atom. The molecule has 0 spiro atoms. The molecule has 1 aromatic heterocycles. The van der Waals surface area contributed by atoms with Gasteiger partial charge in [-0.05, 0) is 77.1 Å². The maximum Gasteiger partial charge on any atom is 0.270 e. The number of carbonyl (C=O) groups excluding carboxylic acids is 3. The Morgan fingerprint density at radius 3 is 2.70 bits per heavy atom. The summed E-state index contributed by atoms with van der Waals surface area (Å²) in [6.45, 7) is 3.52. The van der Waals surface area contributed by atoms with Crippen LogP contribution >= 0.6 is 0 Å². The van der Waals surface area contributed by atoms with Crippen molar-refractivity contribution in [3.63, 3.8) is 0 Å². The first-order valence-electron chi connectivity index (χ1n) is 13.7. The molecule has 1 saturated carbocycles. The molecule has 2 aliphatic carbocycles. The van der Waals surface area contributed by atoms with E-state index >= 15 is 0 Å². The van der Waals surface area contributed by atoms with Gasteiger partial charge in [0.1, 0.15) is 41.8 Å². The van der Waals surface area contributed by atoms with Gasteiger partial charge in [-0.3, -0.25) is 14.4 Å². The molecule has 0 saturated heterocycles. The van der Waals surface area contributed by atoms with Crippen LogP contribution in [0.4, 0.5) is 0 Å². The second kappa shape index (κ2) is 13.1. The molecule has 40 heavy (non-hydrogen) atoms. The fourth-order valence-corrected chi connectivity index (χ4v) is 5.22. The van der Waals surface area contributed by atoms with Gasteiger partial charge in [0.15, 0.2) is 6.29 Å². The second-order valence-corrected chi connectivity index (χ2v) is 10.6. The lowest BCUT2D eigenvalue weighted by atomic mass is 9.81. The highest BCUT2D eigenvalue weighted by Gasteiger charge is 2.35. The normalized spacial score (nSPS) is 26.6. The summed E-state index contributed by atoms with van der Waals surface area (Å²) in [5.41, 5.74) is 1.01. The third-order valence-corrected chi connectivity index (χ3v) is 7.70. The first-order chi connectivity index (χ1) is 19.2. The summed E-state index contributed by atoms with van der Waals surface area (Å²) < 4.78 is 5.34. The fraction of sp³-hybridized carbons (Fsp3) is 0.571. The largest absolute Gasteiger partial charge is 0.487 e. The van der Waals surface area contributed by atoms with Crippen LogP contribution in [0, 0.1) is 12.8 Å². The van der Waals surface area contributed by atoms with Crippen molar-refractivity contribution in [1.29, 1.82) is 0 Å². The van der Waals surface area contributed by atoms with Crippen LogP contribution in [0.5, 0.6) is 0 Å². The minimum Gasteiger partial charge on any atom is -0.487 e. The number of ether oxygens (including phenoxy) is 1. The molecule has 12 nitrogen and oxygen atoms in total. The molecule has 1 fully saturated rings. The van der Waals surface area contributed by atoms with Gasteiger partial charge in [0.2, 0.25) is 5.91 Å². The molecule has 0 bridgehead atoms. The number of nitrogens with zero attached hydrogens (tertiary/aromatic N) is 3. The Morgan fingerprint density at radius 1 is 1.27 bits per heavy atom. The van der Waals surface area contributed by atoms with Crippen molar-refractivity contribution in [2.75, 3.05) is 20.2 Å². The van der Waals surface area contributed by atoms with Crippen molar-refractivity contribution in [2.45, 2.75) is 76.2 Å². The van der Waals surface area contributed by atoms with Crippen molar-refractivity contribution < 1.29 is 29.1 Å². The zero-order valence-electron chi connectivity index (χ0n) is 23.2. The molecular formula is C28H38N6O6. The number of amides is 2. The summed E-state index contributed by atoms with van der Waals surface area (Å²) in [5.74, 6) is 0.716. The minimum absolute atomic E-state index is 0.00246. The van der Waals surface area contributed by atoms with E-state index < -0.39 is 11.6 Å². The summed E-state index contributed by atoms with van der Waals surface area (Å²) in [5, 5.41) is 22.8. The van der Waals surface area contributed by atoms with Gasteiger partial charge in [-0.2, -0.15) is 0 Å². The molecule has 4 rings (SSSR count). The molecule has 2 amide bonds. The number of nitrogens with one attached hydrogen (secondary N) is 3. The van der Waals surface area contributed by atoms with Crippen LogP contribution in [0.15, 0.2) is 35.2 Å². The number of hydrogen-bond donors (Lipinski definition) is 4. The number of hydrogen-bond acceptors (Lipinski definition) is 10. The maximum absolute atomic E-state index is 13.1. The molecule has 1 aliphatic heterocycles. The molecule has 2 heterocycles. The molecule has 12 heteroatoms. The van der Waals surface area contributed by atoms with Crippen LogP contribution in [-0.4, -0.2) is 82.9 Å². The van der Waals surface area contributed by atoms with Crippen LogP contribution in [0.2, 0.25) is 0 Å². The number of aryl methyl sites for hydroxylation is 1. The average molecular weight is 555 g/mol. The standard InChI is InChI=1S/C28H38N6O6/c1-17(36)26(37)33-20-6-4-19(5-7-20)25-15-23(34-40-25)22-14-24(32-18(2)31-22)27(38)30-16-28(29-3)10-8-21(9-11-28)39-13-12-35/h8-10,12,14,17,19-20,25,29,36H,4-7,11,13,15-16H2,1-3H3,(H,30,38)(H,33,37). The summed E-state index contributed by atoms with van der Waals surface area (Å²) in [6, 6.07) is 1.70. The van der Waals surface area contributed by atoms with Crippen LogP contribution in [0.1, 0.15) is 67.5 Å². The number of aliphatic hydroxyl groups excluding tert-OH is 1. The molecule has 3 unspecified atom stereocenters. The van der Waals surface area contributed by atoms with Crippen LogP contribution in [-0.2, 0) is 19.2 Å². The summed E-state index contributed by atoms with van der Waals surface area (Å²) in [6.07, 6.45) is 9.76. The lowest BCUT2D eigenvalue weighted by molar-refractivity contribution is -0.129. The Hall–Kier alpha value is -3.64. The van der Waals surface area contributed by atoms with E-state index in [0.717, 1.165) is 25.7 Å². The van der Waals surface area contributed by atoms with Gasteiger partial charge >= 0.3 is 0 Å². The predicted octanol–water partition coefficient (Wildman–Crippen LogP) is 1.08. The number of aliphatic hydroxyl groups is 1. The van der Waals surface area contributed by atoms with Gasteiger partial charge in [0.25, 0.3) is 5.91 Å². The van der Waals surface area contributed by atoms with E-state index in [4.69, 9.17) is 9.57 Å². The Labute approximate surface area is 233 Å². The van der Waals surface area contributed by atoms with Gasteiger partial charge in [0, 0.05) is 19.0 Å². The topological polar surface area (TPSA) is 164 Å². The van der Waals surface area contributed by atoms with Crippen molar-refractivity contribution in [3.05, 3.63) is 47.3 Å².